The monoisotopic (exact) mass is 193 g/mol. The Bertz CT molecular complexity index is 320. The molecule has 0 saturated heterocycles. The van der Waals surface area contributed by atoms with Crippen molar-refractivity contribution in [2.24, 2.45) is 0 Å². The predicted octanol–water partition coefficient (Wildman–Crippen LogP) is -1.13. The Kier molecular flexibility index (Phi) is 3.98. The number of aliphatic hydroxyl groups is 1. The van der Waals surface area contributed by atoms with Crippen molar-refractivity contribution in [3.05, 3.63) is 23.0 Å². The highest BCUT2D eigenvalue weighted by Crippen LogP contribution is 2.24. The van der Waals surface area contributed by atoms with Crippen LogP contribution < -0.4 is 4.65 Å². The van der Waals surface area contributed by atoms with E-state index in [9.17, 15) is 5.11 Å². The Balaban J connectivity index is 3.18. The lowest BCUT2D eigenvalue weighted by Gasteiger charge is -2.13. The summed E-state index contributed by atoms with van der Waals surface area (Å²) >= 11 is 0. The number of rotatable bonds is 4. The highest BCUT2D eigenvalue weighted by molar-refractivity contribution is 6.00. The van der Waals surface area contributed by atoms with Crippen LogP contribution in [0.3, 0.4) is 0 Å². The molecule has 1 N–H and O–H groups in total. The quantitative estimate of drug-likeness (QED) is 0.614. The highest BCUT2D eigenvalue weighted by atomic mass is 16.4. The van der Waals surface area contributed by atoms with E-state index in [2.05, 4.69) is 4.98 Å². The third kappa shape index (κ3) is 2.08. The Morgan fingerprint density at radius 1 is 1.50 bits per heavy atom. The minimum absolute atomic E-state index is 0.0643. The first kappa shape index (κ1) is 11.1. The standard InChI is InChI=1S/C8H13B2NO3/c1-5-8(14-10)7(3-12)6(2-11-5)4-13-9/h2,12H,3-4,9-10H2,1H3. The van der Waals surface area contributed by atoms with Crippen molar-refractivity contribution < 1.29 is 14.4 Å². The first-order chi connectivity index (χ1) is 6.74. The van der Waals surface area contributed by atoms with Gasteiger partial charge in [0.25, 0.3) is 8.05 Å². The van der Waals surface area contributed by atoms with Gasteiger partial charge in [0.1, 0.15) is 5.75 Å². The summed E-state index contributed by atoms with van der Waals surface area (Å²) in [4.78, 5) is 4.16. The molecule has 1 heterocycles. The van der Waals surface area contributed by atoms with Crippen molar-refractivity contribution >= 4 is 16.1 Å². The largest absolute Gasteiger partial charge is 0.566 e. The number of hydrogen-bond acceptors (Lipinski definition) is 4. The van der Waals surface area contributed by atoms with Gasteiger partial charge in [0.05, 0.1) is 18.9 Å². The molecule has 0 spiro atoms. The molecule has 0 radical (unpaired) electrons. The maximum atomic E-state index is 9.22. The van der Waals surface area contributed by atoms with Crippen LogP contribution in [0.25, 0.3) is 0 Å². The SMILES string of the molecule is BOCc1cnc(C)c(OB)c1CO. The van der Waals surface area contributed by atoms with Crippen molar-refractivity contribution in [3.63, 3.8) is 0 Å². The summed E-state index contributed by atoms with van der Waals surface area (Å²) < 4.78 is 10.2. The maximum absolute atomic E-state index is 9.22. The van der Waals surface area contributed by atoms with Gasteiger partial charge in [-0.1, -0.05) is 0 Å². The van der Waals surface area contributed by atoms with E-state index in [4.69, 9.17) is 9.31 Å². The van der Waals surface area contributed by atoms with Crippen LogP contribution in [0.2, 0.25) is 0 Å². The molecule has 14 heavy (non-hydrogen) atoms. The fraction of sp³-hybridized carbons (Fsp3) is 0.375. The summed E-state index contributed by atoms with van der Waals surface area (Å²) in [5.41, 5.74) is 2.38. The van der Waals surface area contributed by atoms with Crippen LogP contribution in [0.15, 0.2) is 6.20 Å². The Labute approximate surface area is 85.1 Å². The summed E-state index contributed by atoms with van der Waals surface area (Å²) in [6.07, 6.45) is 1.70. The zero-order valence-electron chi connectivity index (χ0n) is 8.70. The van der Waals surface area contributed by atoms with Gasteiger partial charge in [-0.25, -0.2) is 0 Å². The summed E-state index contributed by atoms with van der Waals surface area (Å²) in [5.74, 6) is 0.641. The highest BCUT2D eigenvalue weighted by Gasteiger charge is 2.11. The van der Waals surface area contributed by atoms with Gasteiger partial charge in [-0.2, -0.15) is 0 Å². The lowest BCUT2D eigenvalue weighted by Crippen LogP contribution is -2.04. The molecule has 0 amide bonds. The van der Waals surface area contributed by atoms with Gasteiger partial charge in [-0.3, -0.25) is 4.98 Å². The van der Waals surface area contributed by atoms with Crippen LogP contribution in [0.5, 0.6) is 5.75 Å². The molecular weight excluding hydrogens is 180 g/mol. The van der Waals surface area contributed by atoms with E-state index < -0.39 is 0 Å². The second-order valence-electron chi connectivity index (χ2n) is 2.97. The fourth-order valence-corrected chi connectivity index (χ4v) is 1.40. The second kappa shape index (κ2) is 5.02. The number of nitrogens with zero attached hydrogens (tertiary/aromatic N) is 1. The van der Waals surface area contributed by atoms with Gasteiger partial charge in [0, 0.05) is 17.3 Å². The number of hydrogen-bond donors (Lipinski definition) is 1. The summed E-state index contributed by atoms with van der Waals surface area (Å²) in [6.45, 7) is 2.21. The summed E-state index contributed by atoms with van der Waals surface area (Å²) in [6, 6.07) is 0. The average molecular weight is 193 g/mol. The third-order valence-electron chi connectivity index (χ3n) is 2.07. The van der Waals surface area contributed by atoms with E-state index in [0.717, 1.165) is 16.8 Å². The van der Waals surface area contributed by atoms with Crippen LogP contribution in [-0.2, 0) is 17.9 Å². The topological polar surface area (TPSA) is 51.6 Å². The molecule has 1 rings (SSSR count). The van der Waals surface area contributed by atoms with Gasteiger partial charge >= 0.3 is 8.05 Å². The molecule has 0 aromatic carbocycles. The molecule has 0 aliphatic rings. The van der Waals surface area contributed by atoms with Gasteiger partial charge in [-0.15, -0.1) is 0 Å². The van der Waals surface area contributed by atoms with E-state index in [1.54, 1.807) is 22.3 Å². The Morgan fingerprint density at radius 3 is 2.71 bits per heavy atom. The van der Waals surface area contributed by atoms with E-state index in [-0.39, 0.29) is 6.61 Å². The first-order valence-corrected chi connectivity index (χ1v) is 4.35. The Morgan fingerprint density at radius 2 is 2.21 bits per heavy atom. The smallest absolute Gasteiger partial charge is 0.322 e. The van der Waals surface area contributed by atoms with Gasteiger partial charge < -0.3 is 14.4 Å². The van der Waals surface area contributed by atoms with Crippen molar-refractivity contribution in [1.29, 1.82) is 0 Å². The predicted molar refractivity (Wildman–Crippen MR) is 57.4 cm³/mol. The molecule has 1 aromatic heterocycles. The average Bonchev–Trinajstić information content (AvgIpc) is 2.20. The van der Waals surface area contributed by atoms with E-state index >= 15 is 0 Å². The molecule has 4 nitrogen and oxygen atoms in total. The fourth-order valence-electron chi connectivity index (χ4n) is 1.40. The van der Waals surface area contributed by atoms with Gasteiger partial charge in [0.15, 0.2) is 0 Å². The minimum Gasteiger partial charge on any atom is -0.566 e. The van der Waals surface area contributed by atoms with Crippen molar-refractivity contribution in [2.45, 2.75) is 20.1 Å². The van der Waals surface area contributed by atoms with Gasteiger partial charge in [-0.05, 0) is 6.92 Å². The van der Waals surface area contributed by atoms with Crippen LogP contribution >= 0.6 is 0 Å². The molecule has 0 aliphatic heterocycles. The molecule has 6 heteroatoms. The lowest BCUT2D eigenvalue weighted by atomic mass is 10.1. The van der Waals surface area contributed by atoms with Crippen LogP contribution in [-0.4, -0.2) is 26.2 Å². The molecule has 1 aromatic rings. The van der Waals surface area contributed by atoms with E-state index in [1.807, 2.05) is 6.92 Å². The zero-order valence-corrected chi connectivity index (χ0v) is 8.70. The number of aryl methyl sites for hydroxylation is 1. The maximum Gasteiger partial charge on any atom is 0.322 e. The zero-order chi connectivity index (χ0) is 10.6. The molecule has 0 unspecified atom stereocenters. The number of pyridine rings is 1. The van der Waals surface area contributed by atoms with Crippen LogP contribution in [0.4, 0.5) is 0 Å². The summed E-state index contributed by atoms with van der Waals surface area (Å²) in [5, 5.41) is 9.22. The third-order valence-corrected chi connectivity index (χ3v) is 2.07. The normalized spacial score (nSPS) is 10.1. The van der Waals surface area contributed by atoms with Crippen molar-refractivity contribution in [1.82, 2.24) is 4.98 Å². The molecule has 0 saturated carbocycles. The van der Waals surface area contributed by atoms with Crippen molar-refractivity contribution in [2.75, 3.05) is 0 Å². The van der Waals surface area contributed by atoms with Crippen LogP contribution in [0.1, 0.15) is 16.8 Å². The van der Waals surface area contributed by atoms with Gasteiger partial charge in [0.2, 0.25) is 0 Å². The molecule has 74 valence electrons. The number of aliphatic hydroxyl groups excluding tert-OH is 1. The molecule has 0 bridgehead atoms. The van der Waals surface area contributed by atoms with E-state index in [1.165, 1.54) is 0 Å². The molecular formula is C8H13B2NO3. The second-order valence-corrected chi connectivity index (χ2v) is 2.97. The molecule has 0 aliphatic carbocycles. The summed E-state index contributed by atoms with van der Waals surface area (Å²) in [7, 11) is 3.17. The lowest BCUT2D eigenvalue weighted by molar-refractivity contribution is 0.270. The van der Waals surface area contributed by atoms with Crippen molar-refractivity contribution in [3.8, 4) is 5.75 Å². The minimum atomic E-state index is -0.0643. The van der Waals surface area contributed by atoms with Crippen LogP contribution in [0, 0.1) is 6.92 Å². The molecule has 0 fully saturated rings. The van der Waals surface area contributed by atoms with E-state index in [0.29, 0.717) is 12.4 Å². The Hall–Kier alpha value is -1.00. The molecule has 0 atom stereocenters. The number of aromatic nitrogens is 1. The first-order valence-electron chi connectivity index (χ1n) is 4.35.